The lowest BCUT2D eigenvalue weighted by Crippen LogP contribution is -2.32. The van der Waals surface area contributed by atoms with Crippen LogP contribution in [0.3, 0.4) is 0 Å². The standard InChI is InChI=1S/C16H22N2O3/c1-4-21-11-5-10(6-11)7-16-17-12-8-14(19-2)15(20-3)9-13(12)18-16/h8-11H,4-7H2,1-3H3,(H,17,18). The molecule has 1 fully saturated rings. The number of rotatable bonds is 6. The maximum atomic E-state index is 5.60. The molecule has 0 saturated heterocycles. The zero-order valence-electron chi connectivity index (χ0n) is 12.8. The highest BCUT2D eigenvalue weighted by atomic mass is 16.5. The number of aromatic amines is 1. The first-order chi connectivity index (χ1) is 10.2. The van der Waals surface area contributed by atoms with Crippen LogP contribution < -0.4 is 9.47 Å². The predicted octanol–water partition coefficient (Wildman–Crippen LogP) is 2.94. The van der Waals surface area contributed by atoms with E-state index >= 15 is 0 Å². The van der Waals surface area contributed by atoms with Gasteiger partial charge in [-0.15, -0.1) is 0 Å². The van der Waals surface area contributed by atoms with Gasteiger partial charge in [-0.05, 0) is 25.7 Å². The summed E-state index contributed by atoms with van der Waals surface area (Å²) in [6.07, 6.45) is 3.70. The molecule has 0 radical (unpaired) electrons. The molecule has 5 nitrogen and oxygen atoms in total. The van der Waals surface area contributed by atoms with Gasteiger partial charge in [0.2, 0.25) is 0 Å². The fourth-order valence-electron chi connectivity index (χ4n) is 2.97. The SMILES string of the molecule is CCOC1CC(Cc2nc3cc(OC)c(OC)cc3[nH]2)C1. The third-order valence-electron chi connectivity index (χ3n) is 4.11. The molecule has 0 spiro atoms. The average molecular weight is 290 g/mol. The van der Waals surface area contributed by atoms with Crippen LogP contribution in [0.2, 0.25) is 0 Å². The molecule has 5 heteroatoms. The van der Waals surface area contributed by atoms with Crippen molar-refractivity contribution >= 4 is 11.0 Å². The number of benzene rings is 1. The number of fused-ring (bicyclic) bond motifs is 1. The second-order valence-electron chi connectivity index (χ2n) is 5.53. The molecule has 21 heavy (non-hydrogen) atoms. The van der Waals surface area contributed by atoms with Crippen LogP contribution in [0, 0.1) is 5.92 Å². The molecule has 1 aliphatic rings. The fourth-order valence-corrected chi connectivity index (χ4v) is 2.97. The van der Waals surface area contributed by atoms with Crippen molar-refractivity contribution < 1.29 is 14.2 Å². The highest BCUT2D eigenvalue weighted by molar-refractivity contribution is 5.79. The molecule has 114 valence electrons. The summed E-state index contributed by atoms with van der Waals surface area (Å²) in [6, 6.07) is 3.85. The molecule has 0 aliphatic heterocycles. The van der Waals surface area contributed by atoms with E-state index in [0.717, 1.165) is 48.5 Å². The van der Waals surface area contributed by atoms with Crippen LogP contribution in [0.1, 0.15) is 25.6 Å². The summed E-state index contributed by atoms with van der Waals surface area (Å²) in [5, 5.41) is 0. The van der Waals surface area contributed by atoms with E-state index in [9.17, 15) is 0 Å². The normalized spacial score (nSPS) is 21.3. The number of aromatic nitrogens is 2. The summed E-state index contributed by atoms with van der Waals surface area (Å²) in [5.41, 5.74) is 1.91. The molecule has 0 atom stereocenters. The van der Waals surface area contributed by atoms with Crippen molar-refractivity contribution in [2.75, 3.05) is 20.8 Å². The number of hydrogen-bond acceptors (Lipinski definition) is 4. The van der Waals surface area contributed by atoms with Crippen molar-refractivity contribution in [2.45, 2.75) is 32.3 Å². The van der Waals surface area contributed by atoms with E-state index in [2.05, 4.69) is 9.97 Å². The second kappa shape index (κ2) is 5.93. The van der Waals surface area contributed by atoms with Crippen LogP contribution >= 0.6 is 0 Å². The molecular formula is C16H22N2O3. The van der Waals surface area contributed by atoms with Crippen LogP contribution in [0.25, 0.3) is 11.0 Å². The van der Waals surface area contributed by atoms with Gasteiger partial charge in [-0.3, -0.25) is 0 Å². The molecule has 0 unspecified atom stereocenters. The van der Waals surface area contributed by atoms with Crippen LogP contribution in [0.5, 0.6) is 11.5 Å². The number of imidazole rings is 1. The third kappa shape index (κ3) is 2.83. The van der Waals surface area contributed by atoms with Crippen LogP contribution in [-0.2, 0) is 11.2 Å². The Morgan fingerprint density at radius 3 is 2.57 bits per heavy atom. The van der Waals surface area contributed by atoms with E-state index in [0.29, 0.717) is 17.8 Å². The topological polar surface area (TPSA) is 56.4 Å². The largest absolute Gasteiger partial charge is 0.493 e. The highest BCUT2D eigenvalue weighted by Gasteiger charge is 2.30. The van der Waals surface area contributed by atoms with Gasteiger partial charge in [-0.1, -0.05) is 0 Å². The maximum Gasteiger partial charge on any atom is 0.163 e. The first kappa shape index (κ1) is 14.2. The Balaban J connectivity index is 1.73. The summed E-state index contributed by atoms with van der Waals surface area (Å²) in [5.74, 6) is 3.13. The van der Waals surface area contributed by atoms with Gasteiger partial charge in [-0.25, -0.2) is 4.98 Å². The Labute approximate surface area is 124 Å². The summed E-state index contributed by atoms with van der Waals surface area (Å²) < 4.78 is 16.2. The molecule has 1 aliphatic carbocycles. The van der Waals surface area contributed by atoms with E-state index in [1.807, 2.05) is 19.1 Å². The molecule has 0 amide bonds. The maximum absolute atomic E-state index is 5.60. The zero-order valence-corrected chi connectivity index (χ0v) is 12.8. The Kier molecular flexibility index (Phi) is 4.01. The zero-order chi connectivity index (χ0) is 14.8. The first-order valence-electron chi connectivity index (χ1n) is 7.45. The summed E-state index contributed by atoms with van der Waals surface area (Å²) >= 11 is 0. The van der Waals surface area contributed by atoms with E-state index in [4.69, 9.17) is 14.2 Å². The van der Waals surface area contributed by atoms with Crippen molar-refractivity contribution in [3.63, 3.8) is 0 Å². The minimum Gasteiger partial charge on any atom is -0.493 e. The monoisotopic (exact) mass is 290 g/mol. The highest BCUT2D eigenvalue weighted by Crippen LogP contribution is 2.34. The lowest BCUT2D eigenvalue weighted by atomic mass is 9.80. The quantitative estimate of drug-likeness (QED) is 0.888. The molecule has 2 aromatic rings. The molecule has 1 aromatic carbocycles. The summed E-state index contributed by atoms with van der Waals surface area (Å²) in [4.78, 5) is 8.04. The number of H-pyrrole nitrogens is 1. The van der Waals surface area contributed by atoms with E-state index < -0.39 is 0 Å². The molecule has 1 aromatic heterocycles. The van der Waals surface area contributed by atoms with Crippen molar-refractivity contribution in [3.8, 4) is 11.5 Å². The Morgan fingerprint density at radius 1 is 1.19 bits per heavy atom. The van der Waals surface area contributed by atoms with Crippen molar-refractivity contribution in [3.05, 3.63) is 18.0 Å². The minimum atomic E-state index is 0.449. The molecule has 1 heterocycles. The van der Waals surface area contributed by atoms with Gasteiger partial charge < -0.3 is 19.2 Å². The van der Waals surface area contributed by atoms with E-state index in [1.165, 1.54) is 0 Å². The number of methoxy groups -OCH3 is 2. The molecule has 0 bridgehead atoms. The Morgan fingerprint density at radius 2 is 1.90 bits per heavy atom. The smallest absolute Gasteiger partial charge is 0.163 e. The van der Waals surface area contributed by atoms with E-state index in [1.54, 1.807) is 14.2 Å². The number of nitrogens with one attached hydrogen (secondary N) is 1. The lowest BCUT2D eigenvalue weighted by molar-refractivity contribution is -0.0244. The van der Waals surface area contributed by atoms with Crippen LogP contribution in [0.15, 0.2) is 12.1 Å². The number of ether oxygens (including phenoxy) is 3. The van der Waals surface area contributed by atoms with Gasteiger partial charge in [0.15, 0.2) is 11.5 Å². The van der Waals surface area contributed by atoms with Gasteiger partial charge >= 0.3 is 0 Å². The third-order valence-corrected chi connectivity index (χ3v) is 4.11. The number of hydrogen-bond donors (Lipinski definition) is 1. The van der Waals surface area contributed by atoms with Gasteiger partial charge in [0, 0.05) is 25.2 Å². The molecule has 3 rings (SSSR count). The van der Waals surface area contributed by atoms with Crippen LogP contribution in [-0.4, -0.2) is 36.9 Å². The molecular weight excluding hydrogens is 268 g/mol. The van der Waals surface area contributed by atoms with Gasteiger partial charge in [0.05, 0.1) is 31.4 Å². The fraction of sp³-hybridized carbons (Fsp3) is 0.562. The summed E-state index contributed by atoms with van der Waals surface area (Å²) in [7, 11) is 3.28. The van der Waals surface area contributed by atoms with Crippen molar-refractivity contribution in [1.82, 2.24) is 9.97 Å². The van der Waals surface area contributed by atoms with Crippen LogP contribution in [0.4, 0.5) is 0 Å². The van der Waals surface area contributed by atoms with Gasteiger partial charge in [0.25, 0.3) is 0 Å². The first-order valence-corrected chi connectivity index (χ1v) is 7.45. The predicted molar refractivity (Wildman–Crippen MR) is 81.0 cm³/mol. The number of nitrogens with zero attached hydrogens (tertiary/aromatic N) is 1. The summed E-state index contributed by atoms with van der Waals surface area (Å²) in [6.45, 7) is 2.86. The van der Waals surface area contributed by atoms with Gasteiger partial charge in [-0.2, -0.15) is 0 Å². The Bertz CT molecular complexity index is 576. The van der Waals surface area contributed by atoms with Crippen molar-refractivity contribution in [1.29, 1.82) is 0 Å². The molecule has 1 saturated carbocycles. The lowest BCUT2D eigenvalue weighted by Gasteiger charge is -2.34. The Hall–Kier alpha value is -1.75. The molecule has 1 N–H and O–H groups in total. The van der Waals surface area contributed by atoms with Gasteiger partial charge in [0.1, 0.15) is 5.82 Å². The minimum absolute atomic E-state index is 0.449. The van der Waals surface area contributed by atoms with E-state index in [-0.39, 0.29) is 0 Å². The van der Waals surface area contributed by atoms with Crippen molar-refractivity contribution in [2.24, 2.45) is 5.92 Å². The second-order valence-corrected chi connectivity index (χ2v) is 5.53. The average Bonchev–Trinajstić information content (AvgIpc) is 2.84.